The maximum absolute atomic E-state index is 12.9. The highest BCUT2D eigenvalue weighted by Gasteiger charge is 2.30. The molecule has 1 heterocycles. The third-order valence-corrected chi connectivity index (χ3v) is 4.69. The lowest BCUT2D eigenvalue weighted by molar-refractivity contribution is -0.137. The molecule has 172 valence electrons. The van der Waals surface area contributed by atoms with Gasteiger partial charge in [0.1, 0.15) is 11.4 Å². The van der Waals surface area contributed by atoms with Crippen LogP contribution in [0.2, 0.25) is 0 Å². The number of halogens is 3. The Hall–Kier alpha value is -4.15. The number of nitrogens with one attached hydrogen (secondary N) is 4. The van der Waals surface area contributed by atoms with E-state index in [-0.39, 0.29) is 11.1 Å². The van der Waals surface area contributed by atoms with Gasteiger partial charge < -0.3 is 21.3 Å². The zero-order valence-electron chi connectivity index (χ0n) is 18.0. The number of benzene rings is 2. The van der Waals surface area contributed by atoms with Crippen molar-refractivity contribution in [2.75, 3.05) is 35.4 Å². The molecule has 2 aromatic carbocycles. The molecule has 0 spiro atoms. The van der Waals surface area contributed by atoms with Crippen LogP contribution in [0.25, 0.3) is 0 Å². The summed E-state index contributed by atoms with van der Waals surface area (Å²) in [4.78, 5) is 33.5. The predicted molar refractivity (Wildman–Crippen MR) is 120 cm³/mol. The van der Waals surface area contributed by atoms with Crippen molar-refractivity contribution in [3.63, 3.8) is 0 Å². The number of amides is 2. The molecule has 0 saturated heterocycles. The summed E-state index contributed by atoms with van der Waals surface area (Å²) in [5.41, 5.74) is 0.555. The molecular formula is C22H21F3N6O2. The molecule has 0 radical (unpaired) electrons. The van der Waals surface area contributed by atoms with Crippen molar-refractivity contribution in [2.45, 2.75) is 13.1 Å². The number of carbonyl (C=O) groups is 2. The fraction of sp³-hybridized carbons (Fsp3) is 0.182. The quantitative estimate of drug-likeness (QED) is 0.436. The van der Waals surface area contributed by atoms with Gasteiger partial charge in [-0.15, -0.1) is 0 Å². The fourth-order valence-corrected chi connectivity index (χ4v) is 2.92. The van der Waals surface area contributed by atoms with Gasteiger partial charge in [0, 0.05) is 37.2 Å². The Kier molecular flexibility index (Phi) is 6.80. The molecule has 0 atom stereocenters. The normalized spacial score (nSPS) is 11.0. The van der Waals surface area contributed by atoms with Gasteiger partial charge in [0.05, 0.1) is 5.56 Å². The molecule has 3 aromatic rings. The smallest absolute Gasteiger partial charge is 0.372 e. The molecule has 0 bridgehead atoms. The van der Waals surface area contributed by atoms with Crippen molar-refractivity contribution >= 4 is 35.0 Å². The number of rotatable bonds is 6. The predicted octanol–water partition coefficient (Wildman–Crippen LogP) is 4.39. The Bertz CT molecular complexity index is 1200. The van der Waals surface area contributed by atoms with Gasteiger partial charge in [0.25, 0.3) is 11.8 Å². The topological polar surface area (TPSA) is 108 Å². The molecule has 11 heteroatoms. The number of alkyl halides is 3. The van der Waals surface area contributed by atoms with Gasteiger partial charge in [-0.1, -0.05) is 12.1 Å². The fourth-order valence-electron chi connectivity index (χ4n) is 2.92. The van der Waals surface area contributed by atoms with Gasteiger partial charge in [-0.25, -0.2) is 4.98 Å². The number of hydrogen-bond donors (Lipinski definition) is 4. The Morgan fingerprint density at radius 1 is 0.939 bits per heavy atom. The lowest BCUT2D eigenvalue weighted by Gasteiger charge is -2.14. The first-order valence-electron chi connectivity index (χ1n) is 9.75. The van der Waals surface area contributed by atoms with Crippen LogP contribution in [0.5, 0.6) is 0 Å². The second kappa shape index (κ2) is 9.55. The van der Waals surface area contributed by atoms with E-state index in [2.05, 4.69) is 31.2 Å². The highest BCUT2D eigenvalue weighted by Crippen LogP contribution is 2.30. The summed E-state index contributed by atoms with van der Waals surface area (Å²) in [7, 11) is 3.27. The molecule has 3 rings (SSSR count). The van der Waals surface area contributed by atoms with E-state index in [0.717, 1.165) is 12.1 Å². The monoisotopic (exact) mass is 458 g/mol. The number of carbonyl (C=O) groups excluding carboxylic acids is 2. The Balaban J connectivity index is 1.80. The molecule has 0 aliphatic heterocycles. The summed E-state index contributed by atoms with van der Waals surface area (Å²) in [6, 6.07) is 8.88. The molecule has 4 N–H and O–H groups in total. The van der Waals surface area contributed by atoms with E-state index >= 15 is 0 Å². The zero-order chi connectivity index (χ0) is 24.2. The van der Waals surface area contributed by atoms with Crippen LogP contribution in [0.4, 0.5) is 36.3 Å². The number of nitrogens with zero attached hydrogens (tertiary/aromatic N) is 2. The van der Waals surface area contributed by atoms with Crippen LogP contribution in [0.15, 0.2) is 48.7 Å². The van der Waals surface area contributed by atoms with Crippen LogP contribution in [0.3, 0.4) is 0 Å². The summed E-state index contributed by atoms with van der Waals surface area (Å²) in [6.07, 6.45) is -3.19. The van der Waals surface area contributed by atoms with Gasteiger partial charge in [-0.2, -0.15) is 18.2 Å². The van der Waals surface area contributed by atoms with Crippen molar-refractivity contribution in [1.82, 2.24) is 9.97 Å². The van der Waals surface area contributed by atoms with Gasteiger partial charge >= 0.3 is 6.18 Å². The Labute approximate surface area is 187 Å². The van der Waals surface area contributed by atoms with Crippen LogP contribution in [0, 0.1) is 6.92 Å². The first-order chi connectivity index (χ1) is 15.6. The van der Waals surface area contributed by atoms with E-state index in [1.54, 1.807) is 33.2 Å². The van der Waals surface area contributed by atoms with Crippen LogP contribution in [0.1, 0.15) is 31.8 Å². The minimum Gasteiger partial charge on any atom is -0.372 e. The summed E-state index contributed by atoms with van der Waals surface area (Å²) < 4.78 is 38.8. The summed E-state index contributed by atoms with van der Waals surface area (Å²) in [6.45, 7) is 1.76. The molecule has 0 unspecified atom stereocenters. The number of aryl methyl sites for hydroxylation is 1. The van der Waals surface area contributed by atoms with Crippen molar-refractivity contribution in [3.05, 3.63) is 70.9 Å². The van der Waals surface area contributed by atoms with Gasteiger partial charge in [0.2, 0.25) is 5.95 Å². The molecule has 2 amide bonds. The number of anilines is 4. The summed E-state index contributed by atoms with van der Waals surface area (Å²) in [5, 5.41) is 10.9. The van der Waals surface area contributed by atoms with E-state index in [0.29, 0.717) is 28.7 Å². The van der Waals surface area contributed by atoms with Crippen molar-refractivity contribution in [3.8, 4) is 0 Å². The van der Waals surface area contributed by atoms with Gasteiger partial charge in [0.15, 0.2) is 0 Å². The van der Waals surface area contributed by atoms with E-state index in [4.69, 9.17) is 0 Å². The number of aromatic nitrogens is 2. The molecule has 0 aliphatic carbocycles. The summed E-state index contributed by atoms with van der Waals surface area (Å²) >= 11 is 0. The maximum atomic E-state index is 12.9. The van der Waals surface area contributed by atoms with E-state index in [1.807, 2.05) is 0 Å². The van der Waals surface area contributed by atoms with Crippen molar-refractivity contribution < 1.29 is 22.8 Å². The van der Waals surface area contributed by atoms with Crippen molar-refractivity contribution in [1.29, 1.82) is 0 Å². The molecule has 8 nitrogen and oxygen atoms in total. The minimum atomic E-state index is -4.56. The standard InChI is InChI=1S/C22H21F3N6O2/c1-12-7-8-15(29-19(32)13-5-4-6-14(9-13)22(23,24)25)10-17(12)30-20(33)16-11-28-21(27-3)31-18(16)26-2/h4-11H,1-3H3,(H,29,32)(H,30,33)(H2,26,27,28,31). The number of hydrogen-bond acceptors (Lipinski definition) is 6. The summed E-state index contributed by atoms with van der Waals surface area (Å²) in [5.74, 6) is -0.535. The molecular weight excluding hydrogens is 437 g/mol. The average Bonchev–Trinajstić information content (AvgIpc) is 2.80. The first-order valence-corrected chi connectivity index (χ1v) is 9.75. The van der Waals surface area contributed by atoms with Crippen molar-refractivity contribution in [2.24, 2.45) is 0 Å². The van der Waals surface area contributed by atoms with E-state index < -0.39 is 23.6 Å². The third-order valence-electron chi connectivity index (χ3n) is 4.69. The SMILES string of the molecule is CNc1ncc(C(=O)Nc2cc(NC(=O)c3cccc(C(F)(F)F)c3)ccc2C)c(NC)n1. The maximum Gasteiger partial charge on any atom is 0.416 e. The minimum absolute atomic E-state index is 0.142. The van der Waals surface area contributed by atoms with Gasteiger partial charge in [-0.05, 0) is 42.8 Å². The Morgan fingerprint density at radius 3 is 2.36 bits per heavy atom. The molecule has 1 aromatic heterocycles. The highest BCUT2D eigenvalue weighted by atomic mass is 19.4. The Morgan fingerprint density at radius 2 is 1.70 bits per heavy atom. The highest BCUT2D eigenvalue weighted by molar-refractivity contribution is 6.08. The second-order valence-corrected chi connectivity index (χ2v) is 6.97. The first kappa shape index (κ1) is 23.5. The van der Waals surface area contributed by atoms with Crippen LogP contribution < -0.4 is 21.3 Å². The molecule has 0 saturated carbocycles. The lowest BCUT2D eigenvalue weighted by Crippen LogP contribution is -2.17. The largest absolute Gasteiger partial charge is 0.416 e. The average molecular weight is 458 g/mol. The zero-order valence-corrected chi connectivity index (χ0v) is 18.0. The second-order valence-electron chi connectivity index (χ2n) is 6.97. The van der Waals surface area contributed by atoms with E-state index in [9.17, 15) is 22.8 Å². The lowest BCUT2D eigenvalue weighted by atomic mass is 10.1. The molecule has 0 aliphatic rings. The van der Waals surface area contributed by atoms with Crippen LogP contribution >= 0.6 is 0 Å². The third kappa shape index (κ3) is 5.56. The molecule has 33 heavy (non-hydrogen) atoms. The van der Waals surface area contributed by atoms with Crippen LogP contribution in [-0.4, -0.2) is 35.9 Å². The van der Waals surface area contributed by atoms with Crippen LogP contribution in [-0.2, 0) is 6.18 Å². The van der Waals surface area contributed by atoms with Gasteiger partial charge in [-0.3, -0.25) is 9.59 Å². The molecule has 0 fully saturated rings. The van der Waals surface area contributed by atoms with E-state index in [1.165, 1.54) is 24.4 Å².